The van der Waals surface area contributed by atoms with Gasteiger partial charge in [0.05, 0.1) is 16.5 Å². The van der Waals surface area contributed by atoms with E-state index in [1.54, 1.807) is 12.1 Å². The quantitative estimate of drug-likeness (QED) is 0.314. The Labute approximate surface area is 210 Å². The number of carbonyl (C=O) groups excluding carboxylic acids is 1. The molecule has 11 heteroatoms. The number of carbonyl (C=O) groups is 1. The smallest absolute Gasteiger partial charge is 0.234 e. The van der Waals surface area contributed by atoms with E-state index < -0.39 is 0 Å². The van der Waals surface area contributed by atoms with Crippen LogP contribution < -0.4 is 5.32 Å². The third-order valence-corrected chi connectivity index (χ3v) is 6.22. The lowest BCUT2D eigenvalue weighted by molar-refractivity contribution is -0.113. The summed E-state index contributed by atoms with van der Waals surface area (Å²) in [6.07, 6.45) is 0. The molecule has 2 aromatic heterocycles. The minimum Gasteiger partial charge on any atom is -0.324 e. The Balaban J connectivity index is 1.36. The van der Waals surface area contributed by atoms with Crippen molar-refractivity contribution in [1.29, 1.82) is 0 Å². The fraction of sp³-hybridized carbons (Fsp3) is 0.0833. The average molecular weight is 503 g/mol. The molecule has 1 amide bonds. The number of amides is 1. The van der Waals surface area contributed by atoms with Gasteiger partial charge in [-0.2, -0.15) is 4.80 Å². The zero-order valence-corrected chi connectivity index (χ0v) is 19.9. The van der Waals surface area contributed by atoms with Gasteiger partial charge in [0.2, 0.25) is 11.7 Å². The predicted molar refractivity (Wildman–Crippen MR) is 135 cm³/mol. The van der Waals surface area contributed by atoms with Gasteiger partial charge in [0.25, 0.3) is 0 Å². The van der Waals surface area contributed by atoms with Crippen molar-refractivity contribution in [3.8, 4) is 17.1 Å². The minimum atomic E-state index is -0.197. The number of halogens is 1. The van der Waals surface area contributed by atoms with Gasteiger partial charge in [0, 0.05) is 11.3 Å². The van der Waals surface area contributed by atoms with Crippen molar-refractivity contribution in [1.82, 2.24) is 35.0 Å². The summed E-state index contributed by atoms with van der Waals surface area (Å²) in [5.41, 5.74) is 2.31. The second kappa shape index (κ2) is 10.5. The molecule has 1 N–H and O–H groups in total. The number of para-hydroxylation sites is 2. The number of hydrogen-bond acceptors (Lipinski definition) is 7. The van der Waals surface area contributed by atoms with Gasteiger partial charge in [-0.1, -0.05) is 84.0 Å². The highest BCUT2D eigenvalue weighted by Crippen LogP contribution is 2.24. The van der Waals surface area contributed by atoms with Crippen LogP contribution in [0.4, 0.5) is 5.69 Å². The second-order valence-corrected chi connectivity index (χ2v) is 8.75. The van der Waals surface area contributed by atoms with Gasteiger partial charge in [-0.15, -0.1) is 20.4 Å². The van der Waals surface area contributed by atoms with E-state index in [1.807, 2.05) is 77.4 Å². The van der Waals surface area contributed by atoms with Gasteiger partial charge >= 0.3 is 0 Å². The maximum atomic E-state index is 12.5. The van der Waals surface area contributed by atoms with Gasteiger partial charge in [-0.25, -0.2) is 0 Å². The molecule has 3 aromatic carbocycles. The molecule has 35 heavy (non-hydrogen) atoms. The summed E-state index contributed by atoms with van der Waals surface area (Å²) in [6, 6.07) is 26.4. The van der Waals surface area contributed by atoms with Crippen molar-refractivity contribution < 1.29 is 4.79 Å². The Morgan fingerprint density at radius 1 is 0.886 bits per heavy atom. The number of anilines is 1. The van der Waals surface area contributed by atoms with Gasteiger partial charge in [0.15, 0.2) is 11.0 Å². The van der Waals surface area contributed by atoms with E-state index in [-0.39, 0.29) is 18.2 Å². The zero-order valence-electron chi connectivity index (χ0n) is 18.3. The van der Waals surface area contributed by atoms with Crippen LogP contribution in [0.5, 0.6) is 0 Å². The van der Waals surface area contributed by atoms with E-state index in [1.165, 1.54) is 16.6 Å². The molecular weight excluding hydrogens is 484 g/mol. The number of thioether (sulfide) groups is 1. The van der Waals surface area contributed by atoms with Crippen LogP contribution in [0.1, 0.15) is 5.82 Å². The highest BCUT2D eigenvalue weighted by Gasteiger charge is 2.18. The van der Waals surface area contributed by atoms with E-state index in [0.29, 0.717) is 27.5 Å². The molecule has 0 spiro atoms. The molecule has 0 bridgehead atoms. The maximum Gasteiger partial charge on any atom is 0.234 e. The molecular formula is C24H19ClN8OS. The Morgan fingerprint density at radius 3 is 2.37 bits per heavy atom. The Bertz CT molecular complexity index is 1440. The minimum absolute atomic E-state index is 0.135. The molecule has 2 heterocycles. The van der Waals surface area contributed by atoms with E-state index in [0.717, 1.165) is 11.3 Å². The molecule has 0 saturated carbocycles. The number of hydrogen-bond donors (Lipinski definition) is 1. The largest absolute Gasteiger partial charge is 0.324 e. The van der Waals surface area contributed by atoms with Gasteiger partial charge < -0.3 is 5.32 Å². The lowest BCUT2D eigenvalue weighted by atomic mass is 10.2. The van der Waals surface area contributed by atoms with Crippen LogP contribution in [-0.4, -0.2) is 46.6 Å². The number of rotatable bonds is 8. The summed E-state index contributed by atoms with van der Waals surface area (Å²) < 4.78 is 1.89. The number of nitrogens with one attached hydrogen (secondary N) is 1. The maximum absolute atomic E-state index is 12.5. The lowest BCUT2D eigenvalue weighted by Gasteiger charge is -2.10. The van der Waals surface area contributed by atoms with Crippen molar-refractivity contribution in [3.05, 3.63) is 95.8 Å². The average Bonchev–Trinajstić information content (AvgIpc) is 3.53. The van der Waals surface area contributed by atoms with Crippen LogP contribution in [0.2, 0.25) is 5.02 Å². The summed E-state index contributed by atoms with van der Waals surface area (Å²) in [4.78, 5) is 14.0. The molecule has 0 atom stereocenters. The number of tetrazole rings is 1. The molecule has 174 valence electrons. The molecule has 0 aliphatic heterocycles. The van der Waals surface area contributed by atoms with Gasteiger partial charge in [0.1, 0.15) is 6.54 Å². The third-order valence-electron chi connectivity index (χ3n) is 4.96. The van der Waals surface area contributed by atoms with Crippen LogP contribution in [-0.2, 0) is 11.3 Å². The molecule has 0 unspecified atom stereocenters. The van der Waals surface area contributed by atoms with Crippen molar-refractivity contribution >= 4 is 35.0 Å². The summed E-state index contributed by atoms with van der Waals surface area (Å²) >= 11 is 7.42. The van der Waals surface area contributed by atoms with Crippen LogP contribution in [0.3, 0.4) is 0 Å². The van der Waals surface area contributed by atoms with E-state index in [4.69, 9.17) is 11.6 Å². The summed E-state index contributed by atoms with van der Waals surface area (Å²) in [5, 5.41) is 25.4. The van der Waals surface area contributed by atoms with E-state index in [2.05, 4.69) is 30.9 Å². The molecule has 5 aromatic rings. The first-order valence-corrected chi connectivity index (χ1v) is 12.0. The van der Waals surface area contributed by atoms with Crippen LogP contribution in [0, 0.1) is 0 Å². The summed E-state index contributed by atoms with van der Waals surface area (Å²) in [5.74, 6) is 1.08. The predicted octanol–water partition coefficient (Wildman–Crippen LogP) is 4.35. The molecule has 9 nitrogen and oxygen atoms in total. The molecule has 0 fully saturated rings. The van der Waals surface area contributed by atoms with Crippen LogP contribution in [0.15, 0.2) is 90.1 Å². The van der Waals surface area contributed by atoms with E-state index >= 15 is 0 Å². The molecule has 5 rings (SSSR count). The lowest BCUT2D eigenvalue weighted by Crippen LogP contribution is -2.15. The number of aromatic nitrogens is 7. The first kappa shape index (κ1) is 22.8. The normalized spacial score (nSPS) is 10.9. The molecule has 0 radical (unpaired) electrons. The zero-order chi connectivity index (χ0) is 24.0. The monoisotopic (exact) mass is 502 g/mol. The van der Waals surface area contributed by atoms with Crippen molar-refractivity contribution in [2.75, 3.05) is 11.1 Å². The highest BCUT2D eigenvalue weighted by atomic mass is 35.5. The molecule has 0 saturated heterocycles. The molecule has 0 aliphatic carbocycles. The topological polar surface area (TPSA) is 103 Å². The Hall–Kier alpha value is -4.02. The summed E-state index contributed by atoms with van der Waals surface area (Å²) in [6.45, 7) is 0.258. The second-order valence-electron chi connectivity index (χ2n) is 7.40. The molecule has 0 aliphatic rings. The van der Waals surface area contributed by atoms with E-state index in [9.17, 15) is 4.79 Å². The SMILES string of the molecule is O=C(CSc1nnc(Cn2nnc(-c3ccccc3)n2)n1-c1ccccc1)Nc1ccccc1Cl. The van der Waals surface area contributed by atoms with Crippen molar-refractivity contribution in [2.45, 2.75) is 11.7 Å². The third kappa shape index (κ3) is 5.39. The van der Waals surface area contributed by atoms with Crippen LogP contribution in [0.25, 0.3) is 17.1 Å². The number of benzene rings is 3. The fourth-order valence-corrected chi connectivity index (χ4v) is 4.30. The van der Waals surface area contributed by atoms with Crippen molar-refractivity contribution in [2.24, 2.45) is 0 Å². The highest BCUT2D eigenvalue weighted by molar-refractivity contribution is 7.99. The standard InChI is InChI=1S/C24H19ClN8OS/c25-19-13-7-8-14-20(19)26-22(34)16-35-24-29-27-21(33(24)18-11-5-2-6-12-18)15-32-30-23(28-31-32)17-9-3-1-4-10-17/h1-14H,15-16H2,(H,26,34). The van der Waals surface area contributed by atoms with Gasteiger partial charge in [-0.3, -0.25) is 9.36 Å². The Kier molecular flexibility index (Phi) is 6.82. The first-order chi connectivity index (χ1) is 17.2. The first-order valence-electron chi connectivity index (χ1n) is 10.7. The number of nitrogens with zero attached hydrogens (tertiary/aromatic N) is 7. The summed E-state index contributed by atoms with van der Waals surface area (Å²) in [7, 11) is 0. The van der Waals surface area contributed by atoms with Gasteiger partial charge in [-0.05, 0) is 29.5 Å². The van der Waals surface area contributed by atoms with Crippen molar-refractivity contribution in [3.63, 3.8) is 0 Å². The van der Waals surface area contributed by atoms with Crippen LogP contribution >= 0.6 is 23.4 Å². The Morgan fingerprint density at radius 2 is 1.60 bits per heavy atom. The fourth-order valence-electron chi connectivity index (χ4n) is 3.35.